The van der Waals surface area contributed by atoms with Crippen molar-refractivity contribution in [3.8, 4) is 0 Å². The smallest absolute Gasteiger partial charge is 0.254 e. The molecule has 16 heavy (non-hydrogen) atoms. The zero-order valence-electron chi connectivity index (χ0n) is 9.29. The van der Waals surface area contributed by atoms with Crippen LogP contribution in [-0.4, -0.2) is 30.5 Å². The van der Waals surface area contributed by atoms with Gasteiger partial charge >= 0.3 is 0 Å². The van der Waals surface area contributed by atoms with Crippen LogP contribution in [0, 0.1) is 5.82 Å². The molecule has 1 aromatic rings. The topological polar surface area (TPSA) is 54.0 Å². The lowest BCUT2D eigenvalue weighted by atomic mass is 10.2. The molecule has 0 aliphatic carbocycles. The van der Waals surface area contributed by atoms with Gasteiger partial charge in [-0.3, -0.25) is 9.78 Å². The first-order valence-corrected chi connectivity index (χ1v) is 5.34. The van der Waals surface area contributed by atoms with E-state index in [0.29, 0.717) is 13.1 Å². The van der Waals surface area contributed by atoms with E-state index in [1.165, 1.54) is 12.3 Å². The normalized spacial score (nSPS) is 10.1. The zero-order valence-corrected chi connectivity index (χ0v) is 9.29. The number of halogens is 1. The molecular weight excluding hydrogens is 209 g/mol. The Morgan fingerprint density at radius 2 is 2.25 bits per heavy atom. The van der Waals surface area contributed by atoms with Gasteiger partial charge < -0.3 is 10.6 Å². The first-order valence-electron chi connectivity index (χ1n) is 5.34. The molecule has 0 spiro atoms. The van der Waals surface area contributed by atoms with E-state index >= 15 is 0 Å². The highest BCUT2D eigenvalue weighted by atomic mass is 19.1. The molecule has 0 saturated heterocycles. The molecule has 0 fully saturated rings. The summed E-state index contributed by atoms with van der Waals surface area (Å²) in [5, 5.41) is 5.77. The van der Waals surface area contributed by atoms with Crippen LogP contribution in [0.2, 0.25) is 0 Å². The number of hydrogen-bond acceptors (Lipinski definition) is 3. The molecule has 1 rings (SSSR count). The van der Waals surface area contributed by atoms with Crippen LogP contribution < -0.4 is 10.6 Å². The van der Waals surface area contributed by atoms with Crippen molar-refractivity contribution in [2.45, 2.75) is 13.3 Å². The quantitative estimate of drug-likeness (QED) is 0.709. The lowest BCUT2D eigenvalue weighted by molar-refractivity contribution is 0.0949. The molecule has 2 N–H and O–H groups in total. The van der Waals surface area contributed by atoms with E-state index in [1.807, 2.05) is 0 Å². The van der Waals surface area contributed by atoms with Crippen LogP contribution >= 0.6 is 0 Å². The molecule has 0 atom stereocenters. The summed E-state index contributed by atoms with van der Waals surface area (Å²) < 4.78 is 13.1. The molecular formula is C11H16FN3O. The van der Waals surface area contributed by atoms with Crippen molar-refractivity contribution in [2.24, 2.45) is 0 Å². The Morgan fingerprint density at radius 1 is 1.44 bits per heavy atom. The van der Waals surface area contributed by atoms with E-state index in [0.717, 1.165) is 19.2 Å². The van der Waals surface area contributed by atoms with Crippen molar-refractivity contribution >= 4 is 5.91 Å². The average Bonchev–Trinajstić information content (AvgIpc) is 2.29. The third-order valence-electron chi connectivity index (χ3n) is 2.03. The fraction of sp³-hybridized carbons (Fsp3) is 0.455. The summed E-state index contributed by atoms with van der Waals surface area (Å²) in [4.78, 5) is 15.1. The maximum Gasteiger partial charge on any atom is 0.254 e. The molecule has 0 saturated carbocycles. The van der Waals surface area contributed by atoms with Crippen LogP contribution in [0.4, 0.5) is 4.39 Å². The van der Waals surface area contributed by atoms with Crippen LogP contribution in [-0.2, 0) is 0 Å². The van der Waals surface area contributed by atoms with Crippen LogP contribution in [0.3, 0.4) is 0 Å². The molecule has 1 amide bonds. The number of nitrogens with zero attached hydrogens (tertiary/aromatic N) is 1. The van der Waals surface area contributed by atoms with Gasteiger partial charge in [0.15, 0.2) is 5.82 Å². The van der Waals surface area contributed by atoms with Crippen LogP contribution in [0.25, 0.3) is 0 Å². The Hall–Kier alpha value is -1.49. The van der Waals surface area contributed by atoms with Gasteiger partial charge in [-0.15, -0.1) is 0 Å². The lowest BCUT2D eigenvalue weighted by Crippen LogP contribution is -2.32. The number of aromatic nitrogens is 1. The first-order chi connectivity index (χ1) is 7.75. The Balaban J connectivity index is 2.33. The molecule has 88 valence electrons. The van der Waals surface area contributed by atoms with E-state index in [9.17, 15) is 9.18 Å². The molecule has 5 heteroatoms. The van der Waals surface area contributed by atoms with Gasteiger partial charge in [-0.05, 0) is 19.0 Å². The molecule has 0 aromatic carbocycles. The van der Waals surface area contributed by atoms with E-state index in [1.54, 1.807) is 0 Å². The van der Waals surface area contributed by atoms with E-state index in [4.69, 9.17) is 0 Å². The lowest BCUT2D eigenvalue weighted by Gasteiger charge is -2.06. The molecule has 1 aromatic heterocycles. The number of carbonyl (C=O) groups excluding carboxylic acids is 1. The van der Waals surface area contributed by atoms with Crippen molar-refractivity contribution < 1.29 is 9.18 Å². The predicted octanol–water partition coefficient (Wildman–Crippen LogP) is 0.950. The molecule has 0 radical (unpaired) electrons. The Kier molecular flexibility index (Phi) is 5.42. The maximum atomic E-state index is 13.1. The molecule has 0 aliphatic rings. The van der Waals surface area contributed by atoms with Gasteiger partial charge in [-0.2, -0.15) is 0 Å². The van der Waals surface area contributed by atoms with Crippen molar-refractivity contribution in [3.63, 3.8) is 0 Å². The average molecular weight is 225 g/mol. The van der Waals surface area contributed by atoms with Gasteiger partial charge in [0.05, 0.1) is 11.8 Å². The van der Waals surface area contributed by atoms with Crippen molar-refractivity contribution in [2.75, 3.05) is 19.6 Å². The van der Waals surface area contributed by atoms with Gasteiger partial charge in [-0.25, -0.2) is 4.39 Å². The third kappa shape index (κ3) is 3.94. The third-order valence-corrected chi connectivity index (χ3v) is 2.03. The van der Waals surface area contributed by atoms with E-state index in [-0.39, 0.29) is 5.56 Å². The second kappa shape index (κ2) is 6.90. The van der Waals surface area contributed by atoms with Gasteiger partial charge in [0.25, 0.3) is 5.91 Å². The highest BCUT2D eigenvalue weighted by molar-refractivity contribution is 5.94. The summed E-state index contributed by atoms with van der Waals surface area (Å²) in [6.45, 7) is 4.16. The number of carbonyl (C=O) groups is 1. The fourth-order valence-corrected chi connectivity index (χ4v) is 1.22. The molecule has 0 bridgehead atoms. The van der Waals surface area contributed by atoms with Gasteiger partial charge in [0.2, 0.25) is 0 Å². The summed E-state index contributed by atoms with van der Waals surface area (Å²) in [6, 6.07) is 1.37. The van der Waals surface area contributed by atoms with Crippen molar-refractivity contribution in [1.82, 2.24) is 15.6 Å². The Bertz CT molecular complexity index is 344. The van der Waals surface area contributed by atoms with Crippen LogP contribution in [0.15, 0.2) is 18.5 Å². The fourth-order valence-electron chi connectivity index (χ4n) is 1.22. The maximum absolute atomic E-state index is 13.1. The minimum absolute atomic E-state index is 0.0329. The molecule has 4 nitrogen and oxygen atoms in total. The second-order valence-electron chi connectivity index (χ2n) is 3.36. The molecule has 1 heterocycles. The highest BCUT2D eigenvalue weighted by Crippen LogP contribution is 2.03. The minimum Gasteiger partial charge on any atom is -0.351 e. The summed E-state index contributed by atoms with van der Waals surface area (Å²) in [6.07, 6.45) is 3.48. The number of pyridine rings is 1. The standard InChI is InChI=1S/C11H16FN3O/c1-2-4-13-6-7-15-11(16)9-3-5-14-8-10(9)12/h3,5,8,13H,2,4,6-7H2,1H3,(H,15,16). The number of rotatable bonds is 6. The predicted molar refractivity (Wildman–Crippen MR) is 59.7 cm³/mol. The Morgan fingerprint density at radius 3 is 2.94 bits per heavy atom. The second-order valence-corrected chi connectivity index (χ2v) is 3.36. The van der Waals surface area contributed by atoms with Gasteiger partial charge in [0, 0.05) is 19.3 Å². The Labute approximate surface area is 94.3 Å². The number of hydrogen-bond donors (Lipinski definition) is 2. The number of nitrogens with one attached hydrogen (secondary N) is 2. The van der Waals surface area contributed by atoms with Crippen LogP contribution in [0.1, 0.15) is 23.7 Å². The van der Waals surface area contributed by atoms with E-state index < -0.39 is 11.7 Å². The van der Waals surface area contributed by atoms with Crippen molar-refractivity contribution in [1.29, 1.82) is 0 Å². The summed E-state index contributed by atoms with van der Waals surface area (Å²) >= 11 is 0. The zero-order chi connectivity index (χ0) is 11.8. The largest absolute Gasteiger partial charge is 0.351 e. The van der Waals surface area contributed by atoms with Gasteiger partial charge in [-0.1, -0.05) is 6.92 Å². The van der Waals surface area contributed by atoms with E-state index in [2.05, 4.69) is 22.5 Å². The summed E-state index contributed by atoms with van der Waals surface area (Å²) in [5.74, 6) is -1.00. The molecule has 0 aliphatic heterocycles. The number of amides is 1. The molecule has 0 unspecified atom stereocenters. The summed E-state index contributed by atoms with van der Waals surface area (Å²) in [7, 11) is 0. The van der Waals surface area contributed by atoms with Crippen molar-refractivity contribution in [3.05, 3.63) is 29.8 Å². The van der Waals surface area contributed by atoms with Crippen LogP contribution in [0.5, 0.6) is 0 Å². The van der Waals surface area contributed by atoms with Gasteiger partial charge in [0.1, 0.15) is 0 Å². The monoisotopic (exact) mass is 225 g/mol. The summed E-state index contributed by atoms with van der Waals surface area (Å²) in [5.41, 5.74) is 0.0329. The highest BCUT2D eigenvalue weighted by Gasteiger charge is 2.09. The SMILES string of the molecule is CCCNCCNC(=O)c1ccncc1F. The minimum atomic E-state index is -0.596. The first kappa shape index (κ1) is 12.6.